The van der Waals surface area contributed by atoms with Crippen molar-refractivity contribution in [2.45, 2.75) is 13.1 Å². The molecule has 0 atom stereocenters. The van der Waals surface area contributed by atoms with Gasteiger partial charge >= 0.3 is 6.18 Å². The molecule has 0 saturated carbocycles. The van der Waals surface area contributed by atoms with Gasteiger partial charge in [0.2, 0.25) is 5.82 Å². The highest BCUT2D eigenvalue weighted by Gasteiger charge is 2.37. The lowest BCUT2D eigenvalue weighted by Crippen LogP contribution is -2.25. The molecule has 0 saturated heterocycles. The van der Waals surface area contributed by atoms with Crippen molar-refractivity contribution in [1.82, 2.24) is 0 Å². The van der Waals surface area contributed by atoms with E-state index in [0.29, 0.717) is 0 Å². The predicted octanol–water partition coefficient (Wildman–Crippen LogP) is 5.90. The van der Waals surface area contributed by atoms with Crippen LogP contribution in [0.25, 0.3) is 6.08 Å². The first-order valence-corrected chi connectivity index (χ1v) is 9.76. The highest BCUT2D eigenvalue weighted by atomic mass is 79.9. The van der Waals surface area contributed by atoms with Gasteiger partial charge in [0.1, 0.15) is 5.69 Å². The van der Waals surface area contributed by atoms with Gasteiger partial charge in [-0.05, 0) is 46.6 Å². The van der Waals surface area contributed by atoms with Crippen molar-refractivity contribution in [1.29, 1.82) is 0 Å². The largest absolute Gasteiger partial charge is 0.493 e. The molecule has 182 valence electrons. The monoisotopic (exact) mass is 558 g/mol. The van der Waals surface area contributed by atoms with Crippen molar-refractivity contribution >= 4 is 39.3 Å². The normalized spacial score (nSPS) is 15.3. The highest BCUT2D eigenvalue weighted by Crippen LogP contribution is 2.39. The van der Waals surface area contributed by atoms with Gasteiger partial charge in [-0.15, -0.1) is 0 Å². The number of halogens is 9. The van der Waals surface area contributed by atoms with E-state index in [1.165, 1.54) is 19.1 Å². The fourth-order valence-electron chi connectivity index (χ4n) is 2.90. The fourth-order valence-corrected chi connectivity index (χ4v) is 3.47. The van der Waals surface area contributed by atoms with Crippen molar-refractivity contribution in [2.24, 2.45) is 5.10 Å². The minimum atomic E-state index is -4.62. The summed E-state index contributed by atoms with van der Waals surface area (Å²) in [5.74, 6) is -13.1. The number of ether oxygens (including phenoxy) is 2. The van der Waals surface area contributed by atoms with E-state index in [0.717, 1.165) is 13.2 Å². The quantitative estimate of drug-likeness (QED) is 0.199. The third-order valence-corrected chi connectivity index (χ3v) is 4.99. The van der Waals surface area contributed by atoms with Gasteiger partial charge in [-0.3, -0.25) is 4.79 Å². The summed E-state index contributed by atoms with van der Waals surface area (Å²) in [6, 6.07) is 2.45. The van der Waals surface area contributed by atoms with Crippen LogP contribution in [0.3, 0.4) is 0 Å². The average Bonchev–Trinajstić information content (AvgIpc) is 3.02. The van der Waals surface area contributed by atoms with Crippen molar-refractivity contribution < 1.29 is 49.4 Å². The van der Waals surface area contributed by atoms with Crippen LogP contribution in [0.15, 0.2) is 27.3 Å². The van der Waals surface area contributed by atoms with E-state index in [1.807, 2.05) is 0 Å². The molecule has 0 radical (unpaired) electrons. The summed E-state index contributed by atoms with van der Waals surface area (Å²) in [5.41, 5.74) is -1.83. The van der Waals surface area contributed by atoms with Gasteiger partial charge in [0.25, 0.3) is 5.91 Å². The summed E-state index contributed by atoms with van der Waals surface area (Å²) in [5, 5.41) is 3.63. The summed E-state index contributed by atoms with van der Waals surface area (Å²) in [6.07, 6.45) is -3.49. The SMILES string of the molecule is COc1cc(/C=C2/C(=O)N(c3c(F)c(F)c(F)c(F)c3F)N=C2C)cc(Br)c1OCC(F)(F)F. The van der Waals surface area contributed by atoms with Crippen LogP contribution in [-0.4, -0.2) is 31.5 Å². The predicted molar refractivity (Wildman–Crippen MR) is 107 cm³/mol. The summed E-state index contributed by atoms with van der Waals surface area (Å²) in [4.78, 5) is 12.7. The summed E-state index contributed by atoms with van der Waals surface area (Å²) < 4.78 is 116. The number of hydrogen-bond acceptors (Lipinski definition) is 4. The van der Waals surface area contributed by atoms with Crippen LogP contribution in [0.5, 0.6) is 11.5 Å². The smallest absolute Gasteiger partial charge is 0.422 e. The second-order valence-corrected chi connectivity index (χ2v) is 7.57. The number of rotatable bonds is 5. The molecule has 14 heteroatoms. The van der Waals surface area contributed by atoms with E-state index < -0.39 is 53.5 Å². The fraction of sp³-hybridized carbons (Fsp3) is 0.200. The number of nitrogens with zero attached hydrogens (tertiary/aromatic N) is 2. The molecule has 3 rings (SSSR count). The maximum Gasteiger partial charge on any atom is 0.422 e. The van der Waals surface area contributed by atoms with E-state index in [1.54, 1.807) is 0 Å². The topological polar surface area (TPSA) is 51.1 Å². The van der Waals surface area contributed by atoms with Gasteiger partial charge in [0.15, 0.2) is 41.4 Å². The van der Waals surface area contributed by atoms with Gasteiger partial charge < -0.3 is 9.47 Å². The number of amides is 1. The van der Waals surface area contributed by atoms with E-state index >= 15 is 0 Å². The van der Waals surface area contributed by atoms with E-state index in [2.05, 4.69) is 21.0 Å². The van der Waals surface area contributed by atoms with Crippen LogP contribution >= 0.6 is 15.9 Å². The average molecular weight is 559 g/mol. The Morgan fingerprint density at radius 2 is 1.59 bits per heavy atom. The summed E-state index contributed by atoms with van der Waals surface area (Å²) >= 11 is 3.03. The number of hydrazone groups is 1. The number of carbonyl (C=O) groups is 1. The minimum absolute atomic E-state index is 0.0135. The Morgan fingerprint density at radius 1 is 1.03 bits per heavy atom. The van der Waals surface area contributed by atoms with Gasteiger partial charge in [-0.1, -0.05) is 0 Å². The third-order valence-electron chi connectivity index (χ3n) is 4.40. The van der Waals surface area contributed by atoms with Crippen LogP contribution in [-0.2, 0) is 4.79 Å². The lowest BCUT2D eigenvalue weighted by molar-refractivity contribution is -0.153. The molecule has 0 spiro atoms. The summed E-state index contributed by atoms with van der Waals surface area (Å²) in [7, 11) is 1.15. The van der Waals surface area contributed by atoms with Crippen LogP contribution in [0.2, 0.25) is 0 Å². The molecule has 1 heterocycles. The molecule has 1 amide bonds. The van der Waals surface area contributed by atoms with Crippen LogP contribution in [0.4, 0.5) is 40.8 Å². The molecule has 0 fully saturated rings. The van der Waals surface area contributed by atoms with Crippen LogP contribution in [0, 0.1) is 29.1 Å². The van der Waals surface area contributed by atoms with E-state index in [4.69, 9.17) is 9.47 Å². The Bertz CT molecular complexity index is 1210. The summed E-state index contributed by atoms with van der Waals surface area (Å²) in [6.45, 7) is -0.369. The molecular weight excluding hydrogens is 548 g/mol. The molecule has 0 unspecified atom stereocenters. The number of methoxy groups -OCH3 is 1. The molecule has 0 aliphatic carbocycles. The van der Waals surface area contributed by atoms with Crippen molar-refractivity contribution in [3.8, 4) is 11.5 Å². The zero-order valence-corrected chi connectivity index (χ0v) is 18.5. The number of alkyl halides is 3. The number of carbonyl (C=O) groups excluding carboxylic acids is 1. The molecule has 1 aliphatic rings. The van der Waals surface area contributed by atoms with Crippen molar-refractivity contribution in [3.05, 3.63) is 56.8 Å². The molecule has 0 bridgehead atoms. The van der Waals surface area contributed by atoms with Gasteiger partial charge in [0, 0.05) is 0 Å². The third kappa shape index (κ3) is 4.72. The zero-order valence-electron chi connectivity index (χ0n) is 17.0. The van der Waals surface area contributed by atoms with Crippen molar-refractivity contribution in [2.75, 3.05) is 18.7 Å². The lowest BCUT2D eigenvalue weighted by Gasteiger charge is -2.15. The Kier molecular flexibility index (Phi) is 6.92. The van der Waals surface area contributed by atoms with Gasteiger partial charge in [-0.2, -0.15) is 23.3 Å². The van der Waals surface area contributed by atoms with Crippen LogP contribution < -0.4 is 14.5 Å². The second kappa shape index (κ2) is 9.24. The second-order valence-electron chi connectivity index (χ2n) is 6.72. The first-order valence-electron chi connectivity index (χ1n) is 8.97. The zero-order chi connectivity index (χ0) is 25.5. The van der Waals surface area contributed by atoms with Gasteiger partial charge in [-0.25, -0.2) is 22.0 Å². The maximum absolute atomic E-state index is 14.1. The van der Waals surface area contributed by atoms with Crippen LogP contribution in [0.1, 0.15) is 12.5 Å². The lowest BCUT2D eigenvalue weighted by atomic mass is 10.1. The first-order chi connectivity index (χ1) is 15.8. The molecule has 34 heavy (non-hydrogen) atoms. The maximum atomic E-state index is 14.1. The molecular formula is C20H11BrF8N2O3. The van der Waals surface area contributed by atoms with Gasteiger partial charge in [0.05, 0.1) is 22.9 Å². The minimum Gasteiger partial charge on any atom is -0.493 e. The Morgan fingerprint density at radius 3 is 2.12 bits per heavy atom. The number of hydrogen-bond donors (Lipinski definition) is 0. The standard InChI is InChI=1S/C20H11BrF8N2O3/c1-7-9(3-8-4-10(21)18(11(5-8)33-2)34-6-20(27,28)29)19(32)31(30-7)17-15(25)13(23)12(22)14(24)16(17)26/h3-5H,6H2,1-2H3/b9-3+. The van der Waals surface area contributed by atoms with E-state index in [9.17, 15) is 39.9 Å². The molecule has 5 nitrogen and oxygen atoms in total. The Hall–Kier alpha value is -3.16. The molecule has 0 aromatic heterocycles. The Balaban J connectivity index is 2.01. The molecule has 2 aromatic rings. The van der Waals surface area contributed by atoms with E-state index in [-0.39, 0.29) is 37.8 Å². The molecule has 1 aliphatic heterocycles. The molecule has 0 N–H and O–H groups in total. The highest BCUT2D eigenvalue weighted by molar-refractivity contribution is 9.10. The van der Waals surface area contributed by atoms with Crippen molar-refractivity contribution in [3.63, 3.8) is 0 Å². The first kappa shape index (κ1) is 25.5. The molecule has 2 aromatic carbocycles. The number of benzene rings is 2. The Labute approximate surface area is 194 Å². The number of anilines is 1.